The third-order valence-corrected chi connectivity index (χ3v) is 5.02. The van der Waals surface area contributed by atoms with Crippen LogP contribution < -0.4 is 10.1 Å². The van der Waals surface area contributed by atoms with Crippen LogP contribution >= 0.6 is 11.5 Å². The van der Waals surface area contributed by atoms with Crippen molar-refractivity contribution in [2.75, 3.05) is 32.1 Å². The topological polar surface area (TPSA) is 50.3 Å². The molecule has 1 atom stereocenters. The van der Waals surface area contributed by atoms with Crippen LogP contribution in [0.5, 0.6) is 5.75 Å². The van der Waals surface area contributed by atoms with Gasteiger partial charge >= 0.3 is 0 Å². The van der Waals surface area contributed by atoms with Gasteiger partial charge in [0.1, 0.15) is 11.6 Å². The van der Waals surface area contributed by atoms with E-state index in [0.717, 1.165) is 42.8 Å². The molecule has 0 aliphatic carbocycles. The lowest BCUT2D eigenvalue weighted by Gasteiger charge is -2.29. The van der Waals surface area contributed by atoms with Gasteiger partial charge in [0.05, 0.1) is 13.2 Å². The molecule has 1 unspecified atom stereocenters. The molecule has 1 aromatic heterocycles. The fourth-order valence-electron chi connectivity index (χ4n) is 3.08. The lowest BCUT2D eigenvalue weighted by atomic mass is 10.0. The van der Waals surface area contributed by atoms with Gasteiger partial charge in [0, 0.05) is 30.1 Å². The Morgan fingerprint density at radius 2 is 2.09 bits per heavy atom. The van der Waals surface area contributed by atoms with Gasteiger partial charge in [0.25, 0.3) is 0 Å². The number of ether oxygens (including phenoxy) is 1. The summed E-state index contributed by atoms with van der Waals surface area (Å²) in [4.78, 5) is 7.04. The quantitative estimate of drug-likeness (QED) is 0.842. The number of rotatable bonds is 7. The summed E-state index contributed by atoms with van der Waals surface area (Å²) in [6, 6.07) is 8.61. The summed E-state index contributed by atoms with van der Waals surface area (Å²) in [6.07, 6.45) is 3.41. The Labute approximate surface area is 141 Å². The second-order valence-electron chi connectivity index (χ2n) is 5.75. The molecular weight excluding hydrogens is 308 g/mol. The molecule has 0 spiro atoms. The van der Waals surface area contributed by atoms with Gasteiger partial charge in [-0.15, -0.1) is 0 Å². The lowest BCUT2D eigenvalue weighted by molar-refractivity contribution is 0.249. The molecule has 1 aliphatic heterocycles. The number of nitrogens with zero attached hydrogens (tertiary/aromatic N) is 3. The summed E-state index contributed by atoms with van der Waals surface area (Å²) in [5, 5.41) is 4.38. The molecule has 2 aromatic rings. The largest absolute Gasteiger partial charge is 0.496 e. The van der Waals surface area contributed by atoms with Crippen LogP contribution in [0.3, 0.4) is 0 Å². The zero-order valence-electron chi connectivity index (χ0n) is 13.8. The van der Waals surface area contributed by atoms with Crippen LogP contribution in [-0.4, -0.2) is 41.0 Å². The molecular formula is C17H24N4OS. The zero-order valence-corrected chi connectivity index (χ0v) is 14.6. The SMILES string of the molecule is CCc1nsc(NCC(c2ccccc2OC)N2CCCC2)n1. The summed E-state index contributed by atoms with van der Waals surface area (Å²) >= 11 is 1.44. The first-order valence-corrected chi connectivity index (χ1v) is 9.02. The Hall–Kier alpha value is -1.66. The van der Waals surface area contributed by atoms with Gasteiger partial charge in [-0.25, -0.2) is 4.98 Å². The maximum absolute atomic E-state index is 5.58. The summed E-state index contributed by atoms with van der Waals surface area (Å²) in [5.41, 5.74) is 1.24. The number of methoxy groups -OCH3 is 1. The molecule has 1 fully saturated rings. The molecule has 124 valence electrons. The van der Waals surface area contributed by atoms with Crippen molar-refractivity contribution >= 4 is 16.7 Å². The van der Waals surface area contributed by atoms with E-state index in [4.69, 9.17) is 4.74 Å². The first-order chi connectivity index (χ1) is 11.3. The Balaban J connectivity index is 1.78. The highest BCUT2D eigenvalue weighted by Gasteiger charge is 2.26. The Kier molecular flexibility index (Phi) is 5.46. The van der Waals surface area contributed by atoms with Gasteiger partial charge in [0.15, 0.2) is 0 Å². The average Bonchev–Trinajstić information content (AvgIpc) is 3.27. The number of benzene rings is 1. The molecule has 3 rings (SSSR count). The third kappa shape index (κ3) is 3.82. The first kappa shape index (κ1) is 16.2. The number of anilines is 1. The van der Waals surface area contributed by atoms with Crippen molar-refractivity contribution in [2.24, 2.45) is 0 Å². The highest BCUT2D eigenvalue weighted by Crippen LogP contribution is 2.32. The van der Waals surface area contributed by atoms with Gasteiger partial charge in [0.2, 0.25) is 5.13 Å². The van der Waals surface area contributed by atoms with Crippen molar-refractivity contribution in [2.45, 2.75) is 32.2 Å². The van der Waals surface area contributed by atoms with Gasteiger partial charge in [-0.3, -0.25) is 4.90 Å². The normalized spacial score (nSPS) is 16.4. The Bertz CT molecular complexity index is 625. The summed E-state index contributed by atoms with van der Waals surface area (Å²) in [5.74, 6) is 1.87. The molecule has 1 aliphatic rings. The molecule has 5 nitrogen and oxygen atoms in total. The van der Waals surface area contributed by atoms with Crippen LogP contribution in [0.2, 0.25) is 0 Å². The van der Waals surface area contributed by atoms with Crippen LogP contribution in [0.1, 0.15) is 37.2 Å². The van der Waals surface area contributed by atoms with E-state index in [1.807, 2.05) is 12.1 Å². The number of likely N-dealkylation sites (tertiary alicyclic amines) is 1. The molecule has 0 radical (unpaired) electrons. The molecule has 1 aromatic carbocycles. The molecule has 23 heavy (non-hydrogen) atoms. The van der Waals surface area contributed by atoms with Crippen molar-refractivity contribution in [3.05, 3.63) is 35.7 Å². The lowest BCUT2D eigenvalue weighted by Crippen LogP contribution is -2.31. The van der Waals surface area contributed by atoms with E-state index in [9.17, 15) is 0 Å². The van der Waals surface area contributed by atoms with Gasteiger partial charge in [-0.05, 0) is 32.0 Å². The maximum atomic E-state index is 5.58. The van der Waals surface area contributed by atoms with Crippen molar-refractivity contribution in [3.8, 4) is 5.75 Å². The fraction of sp³-hybridized carbons (Fsp3) is 0.529. The number of hydrogen-bond donors (Lipinski definition) is 1. The molecule has 1 N–H and O–H groups in total. The monoisotopic (exact) mass is 332 g/mol. The van der Waals surface area contributed by atoms with Gasteiger partial charge in [-0.1, -0.05) is 25.1 Å². The smallest absolute Gasteiger partial charge is 0.202 e. The van der Waals surface area contributed by atoms with E-state index in [1.165, 1.54) is 29.9 Å². The Morgan fingerprint density at radius 1 is 1.30 bits per heavy atom. The van der Waals surface area contributed by atoms with E-state index in [-0.39, 0.29) is 0 Å². The number of aryl methyl sites for hydroxylation is 1. The fourth-order valence-corrected chi connectivity index (χ4v) is 3.74. The van der Waals surface area contributed by atoms with Crippen LogP contribution in [0, 0.1) is 0 Å². The van der Waals surface area contributed by atoms with Crippen LogP contribution in [-0.2, 0) is 6.42 Å². The minimum Gasteiger partial charge on any atom is -0.496 e. The van der Waals surface area contributed by atoms with Crippen molar-refractivity contribution in [1.82, 2.24) is 14.3 Å². The van der Waals surface area contributed by atoms with Crippen LogP contribution in [0.4, 0.5) is 5.13 Å². The average molecular weight is 332 g/mol. The number of hydrogen-bond acceptors (Lipinski definition) is 6. The Morgan fingerprint density at radius 3 is 2.78 bits per heavy atom. The number of para-hydroxylation sites is 1. The number of aromatic nitrogens is 2. The van der Waals surface area contributed by atoms with Gasteiger partial charge < -0.3 is 10.1 Å². The molecule has 1 saturated heterocycles. The van der Waals surface area contributed by atoms with Gasteiger partial charge in [-0.2, -0.15) is 4.37 Å². The predicted octanol–water partition coefficient (Wildman–Crippen LogP) is 3.36. The predicted molar refractivity (Wildman–Crippen MR) is 94.3 cm³/mol. The highest BCUT2D eigenvalue weighted by molar-refractivity contribution is 7.09. The van der Waals surface area contributed by atoms with Crippen molar-refractivity contribution in [1.29, 1.82) is 0 Å². The minimum absolute atomic E-state index is 0.294. The molecule has 2 heterocycles. The van der Waals surface area contributed by atoms with Crippen LogP contribution in [0.15, 0.2) is 24.3 Å². The summed E-state index contributed by atoms with van der Waals surface area (Å²) in [7, 11) is 1.74. The zero-order chi connectivity index (χ0) is 16.1. The molecule has 0 amide bonds. The van der Waals surface area contributed by atoms with E-state index in [2.05, 4.69) is 38.6 Å². The highest BCUT2D eigenvalue weighted by atomic mass is 32.1. The maximum Gasteiger partial charge on any atom is 0.202 e. The van der Waals surface area contributed by atoms with Crippen molar-refractivity contribution in [3.63, 3.8) is 0 Å². The molecule has 6 heteroatoms. The van der Waals surface area contributed by atoms with Crippen LogP contribution in [0.25, 0.3) is 0 Å². The van der Waals surface area contributed by atoms with E-state index < -0.39 is 0 Å². The summed E-state index contributed by atoms with van der Waals surface area (Å²) < 4.78 is 9.93. The number of nitrogens with one attached hydrogen (secondary N) is 1. The standard InChI is InChI=1S/C17H24N4OS/c1-3-16-19-17(23-20-16)18-12-14(21-10-6-7-11-21)13-8-4-5-9-15(13)22-2/h4-5,8-9,14H,3,6-7,10-12H2,1-2H3,(H,18,19,20). The molecule has 0 bridgehead atoms. The van der Waals surface area contributed by atoms with Crippen molar-refractivity contribution < 1.29 is 4.74 Å². The third-order valence-electron chi connectivity index (χ3n) is 4.31. The summed E-state index contributed by atoms with van der Waals surface area (Å²) in [6.45, 7) is 5.17. The molecule has 0 saturated carbocycles. The van der Waals surface area contributed by atoms with E-state index in [1.54, 1.807) is 7.11 Å². The minimum atomic E-state index is 0.294. The van der Waals surface area contributed by atoms with E-state index in [0.29, 0.717) is 6.04 Å². The first-order valence-electron chi connectivity index (χ1n) is 8.25. The second-order valence-corrected chi connectivity index (χ2v) is 6.50. The second kappa shape index (κ2) is 7.75. The van der Waals surface area contributed by atoms with E-state index >= 15 is 0 Å².